The minimum Gasteiger partial charge on any atom is -0.371 e. The highest BCUT2D eigenvalue weighted by molar-refractivity contribution is 6.23. The molecule has 2 aromatic carbocycles. The van der Waals surface area contributed by atoms with Crippen molar-refractivity contribution in [3.8, 4) is 0 Å². The highest BCUT2D eigenvalue weighted by Gasteiger charge is 2.44. The minimum atomic E-state index is -0.947. The molecule has 3 fully saturated rings. The van der Waals surface area contributed by atoms with E-state index in [1.54, 1.807) is 12.1 Å². The van der Waals surface area contributed by atoms with Gasteiger partial charge in [-0.25, -0.2) is 0 Å². The number of nitrogens with zero attached hydrogens (tertiary/aromatic N) is 5. The Labute approximate surface area is 266 Å². The summed E-state index contributed by atoms with van der Waals surface area (Å²) in [5.74, 6) is -1.17. The van der Waals surface area contributed by atoms with Gasteiger partial charge in [-0.05, 0) is 74.5 Å². The van der Waals surface area contributed by atoms with Crippen molar-refractivity contribution in [1.29, 1.82) is 0 Å². The van der Waals surface area contributed by atoms with E-state index < -0.39 is 23.8 Å². The van der Waals surface area contributed by atoms with Crippen LogP contribution in [0, 0.1) is 5.92 Å². The number of rotatable bonds is 6. The van der Waals surface area contributed by atoms with Crippen molar-refractivity contribution in [2.45, 2.75) is 38.1 Å². The van der Waals surface area contributed by atoms with Gasteiger partial charge in [0.1, 0.15) is 6.04 Å². The van der Waals surface area contributed by atoms with E-state index >= 15 is 0 Å². The molecule has 0 radical (unpaired) electrons. The van der Waals surface area contributed by atoms with Crippen LogP contribution < -0.4 is 15.1 Å². The lowest BCUT2D eigenvalue weighted by Gasteiger charge is -2.38. The summed E-state index contributed by atoms with van der Waals surface area (Å²) in [5, 5.41) is 4.64. The summed E-state index contributed by atoms with van der Waals surface area (Å²) in [5.41, 5.74) is 5.13. The van der Waals surface area contributed by atoms with Crippen LogP contribution in [0.4, 0.5) is 11.4 Å². The Bertz CT molecular complexity index is 1870. The van der Waals surface area contributed by atoms with Crippen molar-refractivity contribution in [2.24, 2.45) is 5.92 Å². The van der Waals surface area contributed by atoms with Gasteiger partial charge in [0.25, 0.3) is 11.8 Å². The van der Waals surface area contributed by atoms with Crippen LogP contribution in [0.25, 0.3) is 21.8 Å². The van der Waals surface area contributed by atoms with Crippen molar-refractivity contribution < 1.29 is 19.2 Å². The molecule has 1 unspecified atom stereocenters. The summed E-state index contributed by atoms with van der Waals surface area (Å²) in [7, 11) is 0. The van der Waals surface area contributed by atoms with E-state index in [4.69, 9.17) is 0 Å². The topological polar surface area (TPSA) is 122 Å². The van der Waals surface area contributed by atoms with Crippen LogP contribution in [0.1, 0.15) is 52.8 Å². The molecule has 11 heteroatoms. The zero-order chi connectivity index (χ0) is 31.4. The maximum Gasteiger partial charge on any atom is 0.262 e. The predicted octanol–water partition coefficient (Wildman–Crippen LogP) is 3.55. The first-order valence-electron chi connectivity index (χ1n) is 16.4. The average molecular weight is 620 g/mol. The Morgan fingerprint density at radius 2 is 1.48 bits per heavy atom. The number of pyridine rings is 1. The first-order valence-corrected chi connectivity index (χ1v) is 16.4. The highest BCUT2D eigenvalue weighted by Crippen LogP contribution is 2.33. The third-order valence-corrected chi connectivity index (χ3v) is 10.4. The number of piperidine rings is 2. The van der Waals surface area contributed by atoms with E-state index in [-0.39, 0.29) is 18.7 Å². The van der Waals surface area contributed by atoms with Gasteiger partial charge in [-0.2, -0.15) is 0 Å². The van der Waals surface area contributed by atoms with Crippen LogP contribution in [0.5, 0.6) is 0 Å². The van der Waals surface area contributed by atoms with Crippen molar-refractivity contribution in [1.82, 2.24) is 25.1 Å². The number of carbonyl (C=O) groups is 4. The predicted molar refractivity (Wildman–Crippen MR) is 175 cm³/mol. The molecule has 46 heavy (non-hydrogen) atoms. The molecule has 2 N–H and O–H groups in total. The zero-order valence-corrected chi connectivity index (χ0v) is 25.7. The Morgan fingerprint density at radius 3 is 2.28 bits per heavy atom. The maximum atomic E-state index is 13.2. The third-order valence-electron chi connectivity index (χ3n) is 10.4. The van der Waals surface area contributed by atoms with Crippen LogP contribution in [0.2, 0.25) is 0 Å². The standard InChI is InChI=1S/C35H37N7O4/c43-32-6-5-31(33(44)38-32)42-34(45)26-4-2-23(19-27(26)35(42)46)41-17-15-39(16-18-41)12-8-22-9-13-40(14-10-22)24-1-3-25-28-21-36-11-7-29(28)37-30(25)20-24/h1-4,7,11,19-22,31,37H,5-6,8-10,12-18H2,(H,38,43,44). The molecule has 4 aliphatic rings. The summed E-state index contributed by atoms with van der Waals surface area (Å²) < 4.78 is 0. The van der Waals surface area contributed by atoms with Gasteiger partial charge in [-0.3, -0.25) is 39.3 Å². The van der Waals surface area contributed by atoms with Gasteiger partial charge in [-0.1, -0.05) is 6.07 Å². The van der Waals surface area contributed by atoms with Crippen molar-refractivity contribution in [3.05, 3.63) is 66.0 Å². The smallest absolute Gasteiger partial charge is 0.262 e. The number of anilines is 2. The fraction of sp³-hybridized carbons (Fsp3) is 0.400. The number of H-pyrrole nitrogens is 1. The van der Waals surface area contributed by atoms with Crippen LogP contribution in [0.15, 0.2) is 54.9 Å². The number of benzene rings is 2. The van der Waals surface area contributed by atoms with E-state index in [1.807, 2.05) is 24.5 Å². The van der Waals surface area contributed by atoms with Gasteiger partial charge < -0.3 is 14.8 Å². The molecule has 6 heterocycles. The molecule has 0 spiro atoms. The molecular weight excluding hydrogens is 582 g/mol. The summed E-state index contributed by atoms with van der Waals surface area (Å²) in [6.07, 6.45) is 7.63. The Morgan fingerprint density at radius 1 is 0.739 bits per heavy atom. The normalized spacial score (nSPS) is 21.5. The van der Waals surface area contributed by atoms with Gasteiger partial charge in [0.05, 0.1) is 11.1 Å². The van der Waals surface area contributed by atoms with E-state index in [0.29, 0.717) is 11.1 Å². The van der Waals surface area contributed by atoms with Gasteiger partial charge in [0.2, 0.25) is 11.8 Å². The van der Waals surface area contributed by atoms with Crippen LogP contribution in [-0.4, -0.2) is 95.3 Å². The van der Waals surface area contributed by atoms with E-state index in [0.717, 1.165) is 73.4 Å². The number of aromatic amines is 1. The summed E-state index contributed by atoms with van der Waals surface area (Å²) in [4.78, 5) is 66.4. The lowest BCUT2D eigenvalue weighted by atomic mass is 9.93. The van der Waals surface area contributed by atoms with Gasteiger partial charge in [0.15, 0.2) is 0 Å². The Balaban J connectivity index is 0.824. The van der Waals surface area contributed by atoms with Crippen molar-refractivity contribution >= 4 is 56.8 Å². The third kappa shape index (κ3) is 5.08. The number of amides is 4. The molecule has 0 saturated carbocycles. The largest absolute Gasteiger partial charge is 0.371 e. The number of aromatic nitrogens is 2. The molecule has 8 rings (SSSR count). The quantitative estimate of drug-likeness (QED) is 0.315. The van der Waals surface area contributed by atoms with Crippen LogP contribution >= 0.6 is 0 Å². The molecule has 4 aliphatic heterocycles. The van der Waals surface area contributed by atoms with Crippen molar-refractivity contribution in [2.75, 3.05) is 55.6 Å². The molecule has 2 aromatic heterocycles. The average Bonchev–Trinajstić information content (AvgIpc) is 3.57. The fourth-order valence-corrected chi connectivity index (χ4v) is 7.66. The molecule has 0 bridgehead atoms. The minimum absolute atomic E-state index is 0.111. The number of imide groups is 2. The van der Waals surface area contributed by atoms with Gasteiger partial charge in [0, 0.05) is 91.3 Å². The second kappa shape index (κ2) is 11.5. The maximum absolute atomic E-state index is 13.2. The fourth-order valence-electron chi connectivity index (χ4n) is 7.66. The lowest BCUT2D eigenvalue weighted by Crippen LogP contribution is -2.54. The Kier molecular flexibility index (Phi) is 7.20. The number of carbonyl (C=O) groups excluding carboxylic acids is 4. The van der Waals surface area contributed by atoms with Crippen LogP contribution in [0.3, 0.4) is 0 Å². The molecule has 3 saturated heterocycles. The second-order valence-electron chi connectivity index (χ2n) is 13.0. The molecule has 236 valence electrons. The number of fused-ring (bicyclic) bond motifs is 4. The number of hydrogen-bond donors (Lipinski definition) is 2. The van der Waals surface area contributed by atoms with Crippen molar-refractivity contribution in [3.63, 3.8) is 0 Å². The number of hydrogen-bond acceptors (Lipinski definition) is 8. The Hall–Kier alpha value is -4.77. The first kappa shape index (κ1) is 28.7. The van der Waals surface area contributed by atoms with E-state index in [2.05, 4.69) is 48.2 Å². The van der Waals surface area contributed by atoms with E-state index in [1.165, 1.54) is 35.7 Å². The molecule has 4 aromatic rings. The first-order chi connectivity index (χ1) is 22.4. The monoisotopic (exact) mass is 619 g/mol. The number of nitrogens with one attached hydrogen (secondary N) is 2. The van der Waals surface area contributed by atoms with E-state index in [9.17, 15) is 19.2 Å². The molecule has 1 atom stereocenters. The summed E-state index contributed by atoms with van der Waals surface area (Å²) in [6, 6.07) is 13.2. The lowest BCUT2D eigenvalue weighted by molar-refractivity contribution is -0.136. The van der Waals surface area contributed by atoms with Crippen LogP contribution in [-0.2, 0) is 9.59 Å². The molecule has 4 amide bonds. The SMILES string of the molecule is O=C1CCC(N2C(=O)c3ccc(N4CCN(CCC5CCN(c6ccc7c(c6)[nH]c6ccncc67)CC5)CC4)cc3C2=O)C(=O)N1. The second-order valence-corrected chi connectivity index (χ2v) is 13.0. The van der Waals surface area contributed by atoms with Gasteiger partial charge in [-0.15, -0.1) is 0 Å². The highest BCUT2D eigenvalue weighted by atomic mass is 16.2. The zero-order valence-electron chi connectivity index (χ0n) is 25.7. The molecule has 0 aliphatic carbocycles. The summed E-state index contributed by atoms with van der Waals surface area (Å²) >= 11 is 0. The number of piperazine rings is 1. The van der Waals surface area contributed by atoms with Gasteiger partial charge >= 0.3 is 0 Å². The molecule has 11 nitrogen and oxygen atoms in total. The molecular formula is C35H37N7O4. The summed E-state index contributed by atoms with van der Waals surface area (Å²) in [6.45, 7) is 6.84.